The third kappa shape index (κ3) is 2.92. The van der Waals surface area contributed by atoms with Crippen LogP contribution in [0, 0.1) is 18.6 Å². The molecule has 0 spiro atoms. The number of thiophene rings is 1. The number of aryl methyl sites for hydroxylation is 1. The maximum atomic E-state index is 13.5. The number of benzene rings is 1. The maximum Gasteiger partial charge on any atom is 0.162 e. The topological polar surface area (TPSA) is 0 Å². The third-order valence-corrected chi connectivity index (χ3v) is 4.65. The Hall–Kier alpha value is -0.450. The van der Waals surface area contributed by atoms with Gasteiger partial charge in [-0.1, -0.05) is 12.1 Å². The molecule has 96 valence electrons. The number of hydrogen-bond acceptors (Lipinski definition) is 1. The molecule has 2 rings (SSSR count). The van der Waals surface area contributed by atoms with Crippen LogP contribution in [0.3, 0.4) is 0 Å². The summed E-state index contributed by atoms with van der Waals surface area (Å²) < 4.78 is 27.6. The second kappa shape index (κ2) is 5.68. The zero-order valence-electron chi connectivity index (χ0n) is 9.51. The zero-order chi connectivity index (χ0) is 13.3. The van der Waals surface area contributed by atoms with E-state index in [0.29, 0.717) is 5.56 Å². The summed E-state index contributed by atoms with van der Waals surface area (Å²) in [6, 6.07) is 6.08. The first kappa shape index (κ1) is 14.0. The Morgan fingerprint density at radius 1 is 1.39 bits per heavy atom. The van der Waals surface area contributed by atoms with Gasteiger partial charge in [-0.3, -0.25) is 0 Å². The minimum atomic E-state index is -0.834. The largest absolute Gasteiger partial charge is 0.204 e. The van der Waals surface area contributed by atoms with E-state index in [-0.39, 0.29) is 11.8 Å². The molecule has 0 radical (unpaired) electrons. The summed E-state index contributed by atoms with van der Waals surface area (Å²) in [7, 11) is 0. The van der Waals surface area contributed by atoms with E-state index in [9.17, 15) is 8.78 Å². The smallest absolute Gasteiger partial charge is 0.162 e. The molecule has 0 saturated heterocycles. The number of halogens is 4. The highest BCUT2D eigenvalue weighted by molar-refractivity contribution is 9.11. The zero-order valence-corrected chi connectivity index (χ0v) is 12.7. The van der Waals surface area contributed by atoms with Gasteiger partial charge >= 0.3 is 0 Å². The Bertz CT molecular complexity index is 568. The summed E-state index contributed by atoms with van der Waals surface area (Å²) in [5, 5.41) is -0.358. The SMILES string of the molecule is Cc1sc(Br)cc1C(Cl)Cc1cccc(F)c1F. The quantitative estimate of drug-likeness (QED) is 0.630. The summed E-state index contributed by atoms with van der Waals surface area (Å²) >= 11 is 11.2. The molecule has 1 heterocycles. The van der Waals surface area contributed by atoms with Crippen molar-refractivity contribution in [3.63, 3.8) is 0 Å². The Morgan fingerprint density at radius 3 is 2.72 bits per heavy atom. The van der Waals surface area contributed by atoms with Crippen molar-refractivity contribution >= 4 is 38.9 Å². The van der Waals surface area contributed by atoms with Crippen LogP contribution in [0.15, 0.2) is 28.1 Å². The molecular weight excluding hydrogens is 342 g/mol. The van der Waals surface area contributed by atoms with Crippen LogP contribution in [0.1, 0.15) is 21.4 Å². The summed E-state index contributed by atoms with van der Waals surface area (Å²) in [6.45, 7) is 1.96. The molecule has 5 heteroatoms. The lowest BCUT2D eigenvalue weighted by Crippen LogP contribution is -2.00. The van der Waals surface area contributed by atoms with Gasteiger partial charge in [0.2, 0.25) is 0 Å². The van der Waals surface area contributed by atoms with Crippen LogP contribution >= 0.6 is 38.9 Å². The van der Waals surface area contributed by atoms with E-state index in [1.165, 1.54) is 6.07 Å². The fourth-order valence-electron chi connectivity index (χ4n) is 1.78. The van der Waals surface area contributed by atoms with Gasteiger partial charge < -0.3 is 0 Å². The first-order chi connectivity index (χ1) is 8.49. The van der Waals surface area contributed by atoms with Crippen LogP contribution in [0.5, 0.6) is 0 Å². The Balaban J connectivity index is 2.24. The molecule has 1 aromatic heterocycles. The van der Waals surface area contributed by atoms with Crippen LogP contribution in [-0.4, -0.2) is 0 Å². The third-order valence-electron chi connectivity index (χ3n) is 2.69. The van der Waals surface area contributed by atoms with Crippen LogP contribution in [-0.2, 0) is 6.42 Å². The number of alkyl halides is 1. The molecule has 0 saturated carbocycles. The fraction of sp³-hybridized carbons (Fsp3) is 0.231. The molecule has 0 fully saturated rings. The molecule has 2 aromatic rings. The molecule has 1 unspecified atom stereocenters. The van der Waals surface area contributed by atoms with Gasteiger partial charge in [-0.25, -0.2) is 8.78 Å². The second-order valence-electron chi connectivity index (χ2n) is 3.95. The molecule has 0 bridgehead atoms. The summed E-state index contributed by atoms with van der Waals surface area (Å²) in [5.41, 5.74) is 1.26. The van der Waals surface area contributed by atoms with E-state index in [2.05, 4.69) is 15.9 Å². The molecule has 0 aliphatic heterocycles. The highest BCUT2D eigenvalue weighted by atomic mass is 79.9. The predicted octanol–water partition coefficient (Wildman–Crippen LogP) is 5.62. The molecule has 0 N–H and O–H groups in total. The first-order valence-electron chi connectivity index (χ1n) is 5.32. The average molecular weight is 352 g/mol. The summed E-state index contributed by atoms with van der Waals surface area (Å²) in [6.07, 6.45) is 0.273. The van der Waals surface area contributed by atoms with E-state index in [0.717, 1.165) is 20.3 Å². The average Bonchev–Trinajstić information content (AvgIpc) is 2.64. The summed E-state index contributed by atoms with van der Waals surface area (Å²) in [4.78, 5) is 1.08. The van der Waals surface area contributed by atoms with Crippen LogP contribution in [0.25, 0.3) is 0 Å². The van der Waals surface area contributed by atoms with Crippen LogP contribution in [0.2, 0.25) is 0 Å². The Morgan fingerprint density at radius 2 is 2.11 bits per heavy atom. The monoisotopic (exact) mass is 350 g/mol. The maximum absolute atomic E-state index is 13.5. The number of hydrogen-bond donors (Lipinski definition) is 0. The molecule has 1 aromatic carbocycles. The van der Waals surface area contributed by atoms with Crippen molar-refractivity contribution in [1.29, 1.82) is 0 Å². The van der Waals surface area contributed by atoms with Crippen molar-refractivity contribution < 1.29 is 8.78 Å². The summed E-state index contributed by atoms with van der Waals surface area (Å²) in [5.74, 6) is -1.64. The molecular formula is C13H10BrClF2S. The van der Waals surface area contributed by atoms with E-state index < -0.39 is 11.6 Å². The van der Waals surface area contributed by atoms with Gasteiger partial charge in [0.25, 0.3) is 0 Å². The minimum Gasteiger partial charge on any atom is -0.204 e. The molecule has 0 aliphatic rings. The Kier molecular flexibility index (Phi) is 4.41. The van der Waals surface area contributed by atoms with Gasteiger partial charge in [0.05, 0.1) is 9.16 Å². The highest BCUT2D eigenvalue weighted by Crippen LogP contribution is 2.35. The van der Waals surface area contributed by atoms with E-state index in [1.807, 2.05) is 13.0 Å². The number of rotatable bonds is 3. The van der Waals surface area contributed by atoms with Gasteiger partial charge in [0, 0.05) is 4.88 Å². The van der Waals surface area contributed by atoms with Crippen LogP contribution < -0.4 is 0 Å². The molecule has 0 aliphatic carbocycles. The lowest BCUT2D eigenvalue weighted by molar-refractivity contribution is 0.498. The molecule has 1 atom stereocenters. The predicted molar refractivity (Wildman–Crippen MR) is 75.4 cm³/mol. The Labute approximate surface area is 122 Å². The van der Waals surface area contributed by atoms with Gasteiger partial charge in [-0.15, -0.1) is 22.9 Å². The lowest BCUT2D eigenvalue weighted by atomic mass is 10.0. The van der Waals surface area contributed by atoms with Crippen molar-refractivity contribution in [3.8, 4) is 0 Å². The van der Waals surface area contributed by atoms with Gasteiger partial charge in [-0.05, 0) is 52.5 Å². The van der Waals surface area contributed by atoms with Crippen molar-refractivity contribution in [2.45, 2.75) is 18.7 Å². The van der Waals surface area contributed by atoms with E-state index >= 15 is 0 Å². The fourth-order valence-corrected chi connectivity index (χ4v) is 4.01. The first-order valence-corrected chi connectivity index (χ1v) is 7.36. The molecule has 0 nitrogen and oxygen atoms in total. The van der Waals surface area contributed by atoms with E-state index in [4.69, 9.17) is 11.6 Å². The van der Waals surface area contributed by atoms with Crippen molar-refractivity contribution in [2.24, 2.45) is 0 Å². The van der Waals surface area contributed by atoms with Crippen molar-refractivity contribution in [1.82, 2.24) is 0 Å². The standard InChI is InChI=1S/C13H10BrClF2S/c1-7-9(6-12(14)18-7)10(15)5-8-3-2-4-11(16)13(8)17/h2-4,6,10H,5H2,1H3. The molecule has 18 heavy (non-hydrogen) atoms. The normalized spacial score (nSPS) is 12.7. The van der Waals surface area contributed by atoms with E-state index in [1.54, 1.807) is 17.4 Å². The lowest BCUT2D eigenvalue weighted by Gasteiger charge is -2.10. The van der Waals surface area contributed by atoms with Crippen molar-refractivity contribution in [3.05, 3.63) is 55.7 Å². The van der Waals surface area contributed by atoms with Gasteiger partial charge in [0.1, 0.15) is 0 Å². The second-order valence-corrected chi connectivity index (χ2v) is 7.11. The van der Waals surface area contributed by atoms with Crippen LogP contribution in [0.4, 0.5) is 8.78 Å². The van der Waals surface area contributed by atoms with Crippen molar-refractivity contribution in [2.75, 3.05) is 0 Å². The molecule has 0 amide bonds. The van der Waals surface area contributed by atoms with Gasteiger partial charge in [-0.2, -0.15) is 0 Å². The highest BCUT2D eigenvalue weighted by Gasteiger charge is 2.17. The van der Waals surface area contributed by atoms with Gasteiger partial charge in [0.15, 0.2) is 11.6 Å². The minimum absolute atomic E-state index is 0.273.